The van der Waals surface area contributed by atoms with Crippen LogP contribution in [-0.4, -0.2) is 49.5 Å². The van der Waals surface area contributed by atoms with Crippen LogP contribution in [0.3, 0.4) is 0 Å². The van der Waals surface area contributed by atoms with Crippen LogP contribution in [0, 0.1) is 23.2 Å². The molecule has 0 saturated heterocycles. The lowest BCUT2D eigenvalue weighted by atomic mass is 9.74. The molecule has 0 aromatic carbocycles. The molecule has 188 valence electrons. The van der Waals surface area contributed by atoms with Gasteiger partial charge in [-0.05, 0) is 82.1 Å². The van der Waals surface area contributed by atoms with Crippen LogP contribution in [0.4, 0.5) is 0 Å². The lowest BCUT2D eigenvalue weighted by molar-refractivity contribution is -0.130. The van der Waals surface area contributed by atoms with Gasteiger partial charge < -0.3 is 20.5 Å². The quantitative estimate of drug-likeness (QED) is 0.322. The first-order valence-corrected chi connectivity index (χ1v) is 13.6. The SMILES string of the molecule is CCCCOCC(O)CNCC1CCC(CC2CCC(NC(=O)C(C)(C)CC)CC2)CC1. The molecule has 1 unspecified atom stereocenters. The molecule has 0 aromatic heterocycles. The zero-order chi connectivity index (χ0) is 23.4. The number of hydrogen-bond acceptors (Lipinski definition) is 4. The van der Waals surface area contributed by atoms with Gasteiger partial charge in [0.1, 0.15) is 0 Å². The minimum absolute atomic E-state index is 0.229. The highest BCUT2D eigenvalue weighted by atomic mass is 16.5. The Morgan fingerprint density at radius 2 is 1.59 bits per heavy atom. The molecule has 2 rings (SSSR count). The van der Waals surface area contributed by atoms with Gasteiger partial charge in [-0.2, -0.15) is 0 Å². The smallest absolute Gasteiger partial charge is 0.225 e. The molecule has 0 spiro atoms. The molecule has 5 heteroatoms. The fourth-order valence-corrected chi connectivity index (χ4v) is 5.21. The number of carbonyl (C=O) groups is 1. The Balaban J connectivity index is 1.53. The van der Waals surface area contributed by atoms with E-state index in [0.29, 0.717) is 19.2 Å². The van der Waals surface area contributed by atoms with Gasteiger partial charge in [-0.3, -0.25) is 4.79 Å². The van der Waals surface area contributed by atoms with Gasteiger partial charge in [0, 0.05) is 24.6 Å². The van der Waals surface area contributed by atoms with Crippen molar-refractivity contribution in [2.24, 2.45) is 23.2 Å². The third kappa shape index (κ3) is 10.1. The monoisotopic (exact) mass is 452 g/mol. The third-order valence-electron chi connectivity index (χ3n) is 8.08. The number of aliphatic hydroxyl groups is 1. The Labute approximate surface area is 197 Å². The number of rotatable bonds is 14. The van der Waals surface area contributed by atoms with Gasteiger partial charge in [0.25, 0.3) is 0 Å². The number of amides is 1. The second-order valence-corrected chi connectivity index (χ2v) is 11.3. The summed E-state index contributed by atoms with van der Waals surface area (Å²) in [6.45, 7) is 11.2. The molecule has 32 heavy (non-hydrogen) atoms. The highest BCUT2D eigenvalue weighted by Crippen LogP contribution is 2.37. The highest BCUT2D eigenvalue weighted by molar-refractivity contribution is 5.81. The average molecular weight is 453 g/mol. The van der Waals surface area contributed by atoms with Crippen LogP contribution >= 0.6 is 0 Å². The van der Waals surface area contributed by atoms with Gasteiger partial charge in [0.05, 0.1) is 12.7 Å². The van der Waals surface area contributed by atoms with Crippen molar-refractivity contribution >= 4 is 5.91 Å². The van der Waals surface area contributed by atoms with E-state index in [1.54, 1.807) is 0 Å². The molecule has 5 nitrogen and oxygen atoms in total. The zero-order valence-corrected chi connectivity index (χ0v) is 21.5. The standard InChI is InChI=1S/C27H52N2O3/c1-5-7-16-32-20-25(30)19-28-18-23-10-8-21(9-11-23)17-22-12-14-24(15-13-22)29-26(31)27(3,4)6-2/h21-25,28,30H,5-20H2,1-4H3,(H,29,31). The number of unbranched alkanes of at least 4 members (excludes halogenated alkanes) is 1. The van der Waals surface area contributed by atoms with Crippen molar-refractivity contribution in [3.05, 3.63) is 0 Å². The van der Waals surface area contributed by atoms with Gasteiger partial charge >= 0.3 is 0 Å². The molecule has 0 aliphatic heterocycles. The van der Waals surface area contributed by atoms with Gasteiger partial charge in [0.15, 0.2) is 0 Å². The summed E-state index contributed by atoms with van der Waals surface area (Å²) in [7, 11) is 0. The van der Waals surface area contributed by atoms with Crippen LogP contribution in [0.5, 0.6) is 0 Å². The summed E-state index contributed by atoms with van der Waals surface area (Å²) in [5, 5.41) is 16.8. The predicted octanol–water partition coefficient (Wildman–Crippen LogP) is 5.06. The van der Waals surface area contributed by atoms with Crippen molar-refractivity contribution in [2.75, 3.05) is 26.3 Å². The first kappa shape index (κ1) is 27.6. The summed E-state index contributed by atoms with van der Waals surface area (Å²) in [6, 6.07) is 0.388. The second-order valence-electron chi connectivity index (χ2n) is 11.3. The topological polar surface area (TPSA) is 70.6 Å². The minimum atomic E-state index is -0.392. The Kier molecular flexibility index (Phi) is 12.6. The molecule has 0 aromatic rings. The molecule has 1 atom stereocenters. The number of carbonyl (C=O) groups excluding carboxylic acids is 1. The van der Waals surface area contributed by atoms with Crippen LogP contribution in [0.1, 0.15) is 105 Å². The Bertz CT molecular complexity index is 509. The molecule has 2 aliphatic rings. The van der Waals surface area contributed by atoms with Crippen molar-refractivity contribution in [2.45, 2.75) is 117 Å². The fourth-order valence-electron chi connectivity index (χ4n) is 5.21. The maximum Gasteiger partial charge on any atom is 0.225 e. The molecule has 1 amide bonds. The maximum absolute atomic E-state index is 12.4. The summed E-state index contributed by atoms with van der Waals surface area (Å²) in [5.74, 6) is 2.73. The summed E-state index contributed by atoms with van der Waals surface area (Å²) in [4.78, 5) is 12.4. The van der Waals surface area contributed by atoms with Crippen molar-refractivity contribution in [3.63, 3.8) is 0 Å². The van der Waals surface area contributed by atoms with E-state index in [2.05, 4.69) is 24.5 Å². The van der Waals surface area contributed by atoms with Crippen LogP contribution in [0.15, 0.2) is 0 Å². The first-order chi connectivity index (χ1) is 15.3. The van der Waals surface area contributed by atoms with Gasteiger partial charge in [0.2, 0.25) is 5.91 Å². The molecule has 0 heterocycles. The van der Waals surface area contributed by atoms with E-state index in [9.17, 15) is 9.90 Å². The van der Waals surface area contributed by atoms with Gasteiger partial charge in [-0.15, -0.1) is 0 Å². The second kappa shape index (κ2) is 14.6. The summed E-state index contributed by atoms with van der Waals surface area (Å²) >= 11 is 0. The molecular weight excluding hydrogens is 400 g/mol. The third-order valence-corrected chi connectivity index (χ3v) is 8.08. The highest BCUT2D eigenvalue weighted by Gasteiger charge is 2.30. The molecule has 2 fully saturated rings. The van der Waals surface area contributed by atoms with Crippen molar-refractivity contribution in [1.82, 2.24) is 10.6 Å². The predicted molar refractivity (Wildman–Crippen MR) is 133 cm³/mol. The van der Waals surface area contributed by atoms with Crippen LogP contribution in [0.25, 0.3) is 0 Å². The molecular formula is C27H52N2O3. The van der Waals surface area contributed by atoms with E-state index in [0.717, 1.165) is 63.0 Å². The zero-order valence-electron chi connectivity index (χ0n) is 21.5. The average Bonchev–Trinajstić information content (AvgIpc) is 2.79. The largest absolute Gasteiger partial charge is 0.389 e. The van der Waals surface area contributed by atoms with E-state index < -0.39 is 6.10 Å². The molecule has 0 radical (unpaired) electrons. The van der Waals surface area contributed by atoms with E-state index in [1.807, 2.05) is 13.8 Å². The van der Waals surface area contributed by atoms with Crippen LogP contribution in [-0.2, 0) is 9.53 Å². The van der Waals surface area contributed by atoms with E-state index >= 15 is 0 Å². The van der Waals surface area contributed by atoms with Crippen LogP contribution < -0.4 is 10.6 Å². The minimum Gasteiger partial charge on any atom is -0.389 e. The number of aliphatic hydroxyl groups excluding tert-OH is 1. The number of hydrogen-bond donors (Lipinski definition) is 3. The summed E-state index contributed by atoms with van der Waals surface area (Å²) in [5.41, 5.74) is -0.245. The maximum atomic E-state index is 12.4. The van der Waals surface area contributed by atoms with Gasteiger partial charge in [-0.25, -0.2) is 0 Å². The van der Waals surface area contributed by atoms with Gasteiger partial charge in [-0.1, -0.05) is 47.0 Å². The lowest BCUT2D eigenvalue weighted by Gasteiger charge is -2.35. The molecule has 0 bridgehead atoms. The normalized spacial score (nSPS) is 27.8. The Hall–Kier alpha value is -0.650. The van der Waals surface area contributed by atoms with Crippen molar-refractivity contribution in [3.8, 4) is 0 Å². The summed E-state index contributed by atoms with van der Waals surface area (Å²) in [6.07, 6.45) is 14.3. The lowest BCUT2D eigenvalue weighted by Crippen LogP contribution is -2.44. The molecule has 3 N–H and O–H groups in total. The Morgan fingerprint density at radius 3 is 2.19 bits per heavy atom. The summed E-state index contributed by atoms with van der Waals surface area (Å²) < 4.78 is 5.50. The number of ether oxygens (including phenoxy) is 1. The van der Waals surface area contributed by atoms with E-state index in [4.69, 9.17) is 4.74 Å². The van der Waals surface area contributed by atoms with E-state index in [1.165, 1.54) is 44.9 Å². The van der Waals surface area contributed by atoms with Crippen LogP contribution in [0.2, 0.25) is 0 Å². The fraction of sp³-hybridized carbons (Fsp3) is 0.963. The van der Waals surface area contributed by atoms with Crippen molar-refractivity contribution < 1.29 is 14.6 Å². The Morgan fingerprint density at radius 1 is 1.00 bits per heavy atom. The molecule has 2 saturated carbocycles. The molecule has 2 aliphatic carbocycles. The first-order valence-electron chi connectivity index (χ1n) is 13.6. The van der Waals surface area contributed by atoms with Crippen molar-refractivity contribution in [1.29, 1.82) is 0 Å². The number of nitrogens with one attached hydrogen (secondary N) is 2. The van der Waals surface area contributed by atoms with E-state index in [-0.39, 0.29) is 11.3 Å².